The van der Waals surface area contributed by atoms with Gasteiger partial charge in [-0.25, -0.2) is 4.79 Å². The van der Waals surface area contributed by atoms with Crippen LogP contribution in [-0.2, 0) is 16.1 Å². The van der Waals surface area contributed by atoms with E-state index in [9.17, 15) is 4.79 Å². The molecular weight excluding hydrogens is 266 g/mol. The first kappa shape index (κ1) is 15.2. The lowest BCUT2D eigenvalue weighted by molar-refractivity contribution is -0.137. The minimum Gasteiger partial charge on any atom is -0.491 e. The largest absolute Gasteiger partial charge is 0.491 e. The van der Waals surface area contributed by atoms with Gasteiger partial charge in [-0.3, -0.25) is 0 Å². The number of aromatic nitrogens is 1. The van der Waals surface area contributed by atoms with Gasteiger partial charge < -0.3 is 14.0 Å². The summed E-state index contributed by atoms with van der Waals surface area (Å²) in [6, 6.07) is 8.07. The van der Waals surface area contributed by atoms with Crippen LogP contribution in [0.25, 0.3) is 10.9 Å². The van der Waals surface area contributed by atoms with Crippen LogP contribution in [0, 0.1) is 0 Å². The summed E-state index contributed by atoms with van der Waals surface area (Å²) in [5, 5.41) is 1.12. The number of hydrogen-bond donors (Lipinski definition) is 0. The summed E-state index contributed by atoms with van der Waals surface area (Å²) in [5.74, 6) is 0.568. The van der Waals surface area contributed by atoms with Gasteiger partial charge in [0.2, 0.25) is 0 Å². The molecule has 2 rings (SSSR count). The number of carbonyl (C=O) groups excluding carboxylic acids is 1. The molecule has 2 aromatic rings. The van der Waals surface area contributed by atoms with Crippen LogP contribution < -0.4 is 4.74 Å². The van der Waals surface area contributed by atoms with E-state index in [0.717, 1.165) is 16.7 Å². The topological polar surface area (TPSA) is 40.5 Å². The van der Waals surface area contributed by atoms with Crippen LogP contribution in [0.4, 0.5) is 0 Å². The van der Waals surface area contributed by atoms with Crippen LogP contribution in [-0.4, -0.2) is 23.2 Å². The smallest absolute Gasteiger partial charge is 0.330 e. The van der Waals surface area contributed by atoms with Gasteiger partial charge in [0, 0.05) is 29.7 Å². The number of esters is 1. The molecule has 0 spiro atoms. The second-order valence-corrected chi connectivity index (χ2v) is 5.01. The first-order chi connectivity index (χ1) is 10.1. The second kappa shape index (κ2) is 6.97. The van der Waals surface area contributed by atoms with Crippen LogP contribution in [0.2, 0.25) is 0 Å². The fourth-order valence-corrected chi connectivity index (χ4v) is 2.14. The van der Waals surface area contributed by atoms with E-state index in [1.807, 2.05) is 44.3 Å². The monoisotopic (exact) mass is 287 g/mol. The summed E-state index contributed by atoms with van der Waals surface area (Å²) in [6.45, 7) is 6.84. The van der Waals surface area contributed by atoms with Crippen LogP contribution in [0.1, 0.15) is 20.8 Å². The summed E-state index contributed by atoms with van der Waals surface area (Å²) >= 11 is 0. The van der Waals surface area contributed by atoms with Crippen molar-refractivity contribution < 1.29 is 14.3 Å². The number of fused-ring (bicyclic) bond motifs is 1. The van der Waals surface area contributed by atoms with E-state index in [1.165, 1.54) is 6.08 Å². The minimum atomic E-state index is -0.304. The summed E-state index contributed by atoms with van der Waals surface area (Å²) < 4.78 is 12.6. The number of allylic oxidation sites excluding steroid dienone is 1. The molecule has 0 amide bonds. The van der Waals surface area contributed by atoms with Gasteiger partial charge in [0.05, 0.1) is 12.7 Å². The van der Waals surface area contributed by atoms with E-state index in [1.54, 1.807) is 13.0 Å². The van der Waals surface area contributed by atoms with Gasteiger partial charge in [0.1, 0.15) is 5.75 Å². The van der Waals surface area contributed by atoms with Crippen LogP contribution in [0.15, 0.2) is 42.6 Å². The third-order valence-corrected chi connectivity index (χ3v) is 2.96. The van der Waals surface area contributed by atoms with Crippen molar-refractivity contribution in [2.75, 3.05) is 6.61 Å². The third-order valence-electron chi connectivity index (χ3n) is 2.96. The molecular formula is C17H21NO3. The fraction of sp³-hybridized carbons (Fsp3) is 0.353. The zero-order valence-electron chi connectivity index (χ0n) is 12.7. The van der Waals surface area contributed by atoms with Gasteiger partial charge in [-0.1, -0.05) is 6.08 Å². The van der Waals surface area contributed by atoms with E-state index in [-0.39, 0.29) is 12.1 Å². The van der Waals surface area contributed by atoms with Gasteiger partial charge in [0.25, 0.3) is 0 Å². The molecule has 0 atom stereocenters. The highest BCUT2D eigenvalue weighted by Gasteiger charge is 2.03. The van der Waals surface area contributed by atoms with Gasteiger partial charge in [-0.15, -0.1) is 0 Å². The summed E-state index contributed by atoms with van der Waals surface area (Å²) in [4.78, 5) is 11.2. The molecule has 112 valence electrons. The van der Waals surface area contributed by atoms with Gasteiger partial charge in [-0.2, -0.15) is 0 Å². The Hall–Kier alpha value is -2.23. The molecule has 0 unspecified atom stereocenters. The number of carbonyl (C=O) groups is 1. The van der Waals surface area contributed by atoms with Crippen molar-refractivity contribution in [2.24, 2.45) is 0 Å². The van der Waals surface area contributed by atoms with Crippen LogP contribution in [0.5, 0.6) is 5.75 Å². The maximum Gasteiger partial charge on any atom is 0.330 e. The molecule has 1 heterocycles. The first-order valence-corrected chi connectivity index (χ1v) is 7.19. The maximum atomic E-state index is 11.2. The molecule has 0 aliphatic carbocycles. The van der Waals surface area contributed by atoms with Gasteiger partial charge in [0.15, 0.2) is 0 Å². The molecule has 4 nitrogen and oxygen atoms in total. The molecule has 1 aromatic heterocycles. The molecule has 0 saturated heterocycles. The number of ether oxygens (including phenoxy) is 2. The highest BCUT2D eigenvalue weighted by molar-refractivity contribution is 5.83. The predicted octanol–water partition coefficient (Wildman–Crippen LogP) is 3.55. The number of nitrogens with zero attached hydrogens (tertiary/aromatic N) is 1. The van der Waals surface area contributed by atoms with Crippen molar-refractivity contribution in [3.8, 4) is 5.75 Å². The predicted molar refractivity (Wildman–Crippen MR) is 83.5 cm³/mol. The Morgan fingerprint density at radius 1 is 1.33 bits per heavy atom. The Morgan fingerprint density at radius 2 is 2.14 bits per heavy atom. The third kappa shape index (κ3) is 4.12. The van der Waals surface area contributed by atoms with Crippen molar-refractivity contribution in [1.82, 2.24) is 4.57 Å². The Morgan fingerprint density at radius 3 is 2.86 bits per heavy atom. The molecule has 0 bridgehead atoms. The second-order valence-electron chi connectivity index (χ2n) is 5.01. The van der Waals surface area contributed by atoms with E-state index in [2.05, 4.69) is 4.57 Å². The Kier molecular flexibility index (Phi) is 5.04. The minimum absolute atomic E-state index is 0.164. The molecule has 21 heavy (non-hydrogen) atoms. The van der Waals surface area contributed by atoms with Crippen molar-refractivity contribution in [3.63, 3.8) is 0 Å². The van der Waals surface area contributed by atoms with E-state index in [0.29, 0.717) is 13.2 Å². The molecule has 0 N–H and O–H groups in total. The lowest BCUT2D eigenvalue weighted by atomic mass is 10.2. The lowest BCUT2D eigenvalue weighted by Crippen LogP contribution is -2.05. The maximum absolute atomic E-state index is 11.2. The van der Waals surface area contributed by atoms with Crippen LogP contribution >= 0.6 is 0 Å². The molecule has 0 saturated carbocycles. The fourth-order valence-electron chi connectivity index (χ4n) is 2.14. The molecule has 4 heteroatoms. The number of rotatable bonds is 6. The van der Waals surface area contributed by atoms with E-state index >= 15 is 0 Å². The first-order valence-electron chi connectivity index (χ1n) is 7.19. The SMILES string of the molecule is CCOC(=O)/C=C/Cn1ccc2cc(OC(C)C)ccc21. The van der Waals surface area contributed by atoms with Crippen molar-refractivity contribution in [2.45, 2.75) is 33.4 Å². The summed E-state index contributed by atoms with van der Waals surface area (Å²) in [5.41, 5.74) is 1.11. The van der Waals surface area contributed by atoms with Crippen LogP contribution in [0.3, 0.4) is 0 Å². The van der Waals surface area contributed by atoms with Crippen molar-refractivity contribution in [1.29, 1.82) is 0 Å². The number of hydrogen-bond acceptors (Lipinski definition) is 3. The summed E-state index contributed by atoms with van der Waals surface area (Å²) in [7, 11) is 0. The number of benzene rings is 1. The standard InChI is InChI=1S/C17H21NO3/c1-4-20-17(19)6-5-10-18-11-9-14-12-15(21-13(2)3)7-8-16(14)18/h5-9,11-13H,4,10H2,1-3H3/b6-5+. The quantitative estimate of drug-likeness (QED) is 0.602. The van der Waals surface area contributed by atoms with E-state index < -0.39 is 0 Å². The molecule has 1 aromatic carbocycles. The summed E-state index contributed by atoms with van der Waals surface area (Å²) in [6.07, 6.45) is 5.43. The van der Waals surface area contributed by atoms with Gasteiger partial charge in [-0.05, 0) is 45.0 Å². The Bertz CT molecular complexity index is 641. The molecule has 0 radical (unpaired) electrons. The van der Waals surface area contributed by atoms with Crippen molar-refractivity contribution in [3.05, 3.63) is 42.6 Å². The Balaban J connectivity index is 2.10. The molecule has 0 aliphatic rings. The zero-order valence-corrected chi connectivity index (χ0v) is 12.7. The molecule has 0 fully saturated rings. The van der Waals surface area contributed by atoms with Gasteiger partial charge >= 0.3 is 5.97 Å². The lowest BCUT2D eigenvalue weighted by Gasteiger charge is -2.09. The van der Waals surface area contributed by atoms with E-state index in [4.69, 9.17) is 9.47 Å². The normalized spacial score (nSPS) is 11.4. The molecule has 0 aliphatic heterocycles. The van der Waals surface area contributed by atoms with Crippen molar-refractivity contribution >= 4 is 16.9 Å². The Labute approximate surface area is 125 Å². The zero-order chi connectivity index (χ0) is 15.2. The average Bonchev–Trinajstić information content (AvgIpc) is 2.81. The highest BCUT2D eigenvalue weighted by Crippen LogP contribution is 2.22. The highest BCUT2D eigenvalue weighted by atomic mass is 16.5. The average molecular weight is 287 g/mol.